The molecule has 2 rings (SSSR count). The molecule has 0 bridgehead atoms. The first kappa shape index (κ1) is 14.7. The monoisotopic (exact) mass is 298 g/mol. The Morgan fingerprint density at radius 1 is 1.25 bits per heavy atom. The molecular weight excluding hydrogens is 286 g/mol. The number of hydrazine groups is 1. The van der Waals surface area contributed by atoms with Gasteiger partial charge < -0.3 is 4.74 Å². The highest BCUT2D eigenvalue weighted by Crippen LogP contribution is 2.31. The molecule has 2 aromatic carbocycles. The first-order valence-corrected chi connectivity index (χ1v) is 6.19. The van der Waals surface area contributed by atoms with Crippen molar-refractivity contribution in [3.63, 3.8) is 0 Å². The van der Waals surface area contributed by atoms with Crippen molar-refractivity contribution in [2.45, 2.75) is 6.04 Å². The standard InChI is InChI=1S/C14H13ClF2N2O/c1-20-12-7-8(5-6-10(12)15)14(19-18)9-3-2-4-11(16)13(9)17/h2-7,14,19H,18H2,1H3. The second-order valence-corrected chi connectivity index (χ2v) is 4.54. The summed E-state index contributed by atoms with van der Waals surface area (Å²) in [6.07, 6.45) is 0. The average molecular weight is 299 g/mol. The van der Waals surface area contributed by atoms with Gasteiger partial charge >= 0.3 is 0 Å². The highest BCUT2D eigenvalue weighted by atomic mass is 35.5. The summed E-state index contributed by atoms with van der Waals surface area (Å²) in [5.41, 5.74) is 3.19. The van der Waals surface area contributed by atoms with Crippen molar-refractivity contribution >= 4 is 11.6 Å². The molecule has 2 aromatic rings. The molecule has 0 aromatic heterocycles. The molecule has 1 atom stereocenters. The summed E-state index contributed by atoms with van der Waals surface area (Å²) in [6, 6.07) is 8.12. The van der Waals surface area contributed by atoms with Crippen LogP contribution in [0.4, 0.5) is 8.78 Å². The quantitative estimate of drug-likeness (QED) is 0.673. The van der Waals surface area contributed by atoms with Crippen molar-refractivity contribution in [2.24, 2.45) is 5.84 Å². The van der Waals surface area contributed by atoms with Crippen LogP contribution >= 0.6 is 11.6 Å². The molecule has 0 saturated heterocycles. The maximum absolute atomic E-state index is 13.9. The molecule has 0 aliphatic carbocycles. The van der Waals surface area contributed by atoms with Gasteiger partial charge in [-0.3, -0.25) is 5.84 Å². The Labute approximate surface area is 120 Å². The van der Waals surface area contributed by atoms with Gasteiger partial charge in [0.25, 0.3) is 0 Å². The SMILES string of the molecule is COc1cc(C(NN)c2cccc(F)c2F)ccc1Cl. The van der Waals surface area contributed by atoms with Crippen LogP contribution in [0.3, 0.4) is 0 Å². The lowest BCUT2D eigenvalue weighted by Gasteiger charge is -2.18. The minimum absolute atomic E-state index is 0.108. The van der Waals surface area contributed by atoms with Gasteiger partial charge in [0.2, 0.25) is 0 Å². The van der Waals surface area contributed by atoms with Crippen LogP contribution in [0.2, 0.25) is 5.02 Å². The zero-order valence-electron chi connectivity index (χ0n) is 10.7. The molecular formula is C14H13ClF2N2O. The Kier molecular flexibility index (Phi) is 4.54. The summed E-state index contributed by atoms with van der Waals surface area (Å²) in [7, 11) is 1.47. The zero-order chi connectivity index (χ0) is 14.7. The zero-order valence-corrected chi connectivity index (χ0v) is 11.4. The summed E-state index contributed by atoms with van der Waals surface area (Å²) in [6.45, 7) is 0. The lowest BCUT2D eigenvalue weighted by molar-refractivity contribution is 0.413. The van der Waals surface area contributed by atoms with E-state index in [2.05, 4.69) is 5.43 Å². The minimum atomic E-state index is -0.940. The molecule has 0 amide bonds. The molecule has 0 spiro atoms. The largest absolute Gasteiger partial charge is 0.495 e. The van der Waals surface area contributed by atoms with E-state index in [4.69, 9.17) is 22.2 Å². The maximum Gasteiger partial charge on any atom is 0.163 e. The number of benzene rings is 2. The Balaban J connectivity index is 2.49. The second-order valence-electron chi connectivity index (χ2n) is 4.14. The van der Waals surface area contributed by atoms with Gasteiger partial charge in [0.1, 0.15) is 5.75 Å². The van der Waals surface area contributed by atoms with E-state index in [0.717, 1.165) is 6.07 Å². The third-order valence-corrected chi connectivity index (χ3v) is 3.28. The van der Waals surface area contributed by atoms with E-state index in [-0.39, 0.29) is 5.56 Å². The second kappa shape index (κ2) is 6.17. The average Bonchev–Trinajstić information content (AvgIpc) is 2.45. The van der Waals surface area contributed by atoms with E-state index >= 15 is 0 Å². The van der Waals surface area contributed by atoms with Gasteiger partial charge in [0.15, 0.2) is 11.6 Å². The third-order valence-electron chi connectivity index (χ3n) is 2.97. The van der Waals surface area contributed by atoms with E-state index in [1.165, 1.54) is 19.2 Å². The highest BCUT2D eigenvalue weighted by molar-refractivity contribution is 6.32. The molecule has 1 unspecified atom stereocenters. The number of halogens is 3. The number of hydrogen-bond donors (Lipinski definition) is 2. The fourth-order valence-electron chi connectivity index (χ4n) is 1.96. The predicted molar refractivity (Wildman–Crippen MR) is 73.5 cm³/mol. The molecule has 106 valence electrons. The molecule has 20 heavy (non-hydrogen) atoms. The predicted octanol–water partition coefficient (Wildman–Crippen LogP) is 3.18. The van der Waals surface area contributed by atoms with Crippen LogP contribution < -0.4 is 16.0 Å². The van der Waals surface area contributed by atoms with Crippen LogP contribution in [0.15, 0.2) is 36.4 Å². The molecule has 3 N–H and O–H groups in total. The Morgan fingerprint density at radius 3 is 2.65 bits per heavy atom. The van der Waals surface area contributed by atoms with Crippen LogP contribution in [0, 0.1) is 11.6 Å². The number of ether oxygens (including phenoxy) is 1. The van der Waals surface area contributed by atoms with Gasteiger partial charge in [-0.15, -0.1) is 0 Å². The Bertz CT molecular complexity index is 622. The van der Waals surface area contributed by atoms with E-state index in [0.29, 0.717) is 16.3 Å². The summed E-state index contributed by atoms with van der Waals surface area (Å²) < 4.78 is 32.3. The topological polar surface area (TPSA) is 47.3 Å². The third kappa shape index (κ3) is 2.75. The van der Waals surface area contributed by atoms with Crippen molar-refractivity contribution in [1.29, 1.82) is 0 Å². The lowest BCUT2D eigenvalue weighted by Crippen LogP contribution is -2.29. The maximum atomic E-state index is 13.9. The van der Waals surface area contributed by atoms with Gasteiger partial charge in [0.05, 0.1) is 18.2 Å². The molecule has 6 heteroatoms. The number of nitrogens with one attached hydrogen (secondary N) is 1. The van der Waals surface area contributed by atoms with Crippen molar-refractivity contribution in [3.05, 3.63) is 64.2 Å². The minimum Gasteiger partial charge on any atom is -0.495 e. The van der Waals surface area contributed by atoms with Gasteiger partial charge in [0, 0.05) is 5.56 Å². The fourth-order valence-corrected chi connectivity index (χ4v) is 2.16. The van der Waals surface area contributed by atoms with E-state index in [9.17, 15) is 8.78 Å². The first-order valence-electron chi connectivity index (χ1n) is 5.82. The van der Waals surface area contributed by atoms with E-state index in [1.807, 2.05) is 0 Å². The molecule has 0 fully saturated rings. The van der Waals surface area contributed by atoms with Crippen LogP contribution in [0.1, 0.15) is 17.2 Å². The number of methoxy groups -OCH3 is 1. The van der Waals surface area contributed by atoms with E-state index in [1.54, 1.807) is 18.2 Å². The Morgan fingerprint density at radius 2 is 2.00 bits per heavy atom. The van der Waals surface area contributed by atoms with Crippen LogP contribution in [-0.4, -0.2) is 7.11 Å². The van der Waals surface area contributed by atoms with Crippen LogP contribution in [0.25, 0.3) is 0 Å². The van der Waals surface area contributed by atoms with Gasteiger partial charge in [-0.25, -0.2) is 14.2 Å². The molecule has 0 aliphatic heterocycles. The highest BCUT2D eigenvalue weighted by Gasteiger charge is 2.20. The lowest BCUT2D eigenvalue weighted by atomic mass is 9.98. The molecule has 3 nitrogen and oxygen atoms in total. The molecule has 0 heterocycles. The van der Waals surface area contributed by atoms with Gasteiger partial charge in [-0.2, -0.15) is 0 Å². The summed E-state index contributed by atoms with van der Waals surface area (Å²) in [5, 5.41) is 0.423. The number of nitrogens with two attached hydrogens (primary N) is 1. The Hall–Kier alpha value is -1.69. The van der Waals surface area contributed by atoms with Crippen LogP contribution in [0.5, 0.6) is 5.75 Å². The fraction of sp³-hybridized carbons (Fsp3) is 0.143. The number of hydrogen-bond acceptors (Lipinski definition) is 3. The van der Waals surface area contributed by atoms with Gasteiger partial charge in [-0.1, -0.05) is 29.8 Å². The van der Waals surface area contributed by atoms with Crippen molar-refractivity contribution in [3.8, 4) is 5.75 Å². The van der Waals surface area contributed by atoms with Crippen molar-refractivity contribution in [1.82, 2.24) is 5.43 Å². The smallest absolute Gasteiger partial charge is 0.163 e. The van der Waals surface area contributed by atoms with Crippen LogP contribution in [-0.2, 0) is 0 Å². The van der Waals surface area contributed by atoms with Crippen molar-refractivity contribution in [2.75, 3.05) is 7.11 Å². The summed E-state index contributed by atoms with van der Waals surface area (Å²) in [5.74, 6) is 4.04. The summed E-state index contributed by atoms with van der Waals surface area (Å²) in [4.78, 5) is 0. The normalized spacial score (nSPS) is 12.2. The van der Waals surface area contributed by atoms with Crippen molar-refractivity contribution < 1.29 is 13.5 Å². The van der Waals surface area contributed by atoms with E-state index < -0.39 is 17.7 Å². The molecule has 0 radical (unpaired) electrons. The first-order chi connectivity index (χ1) is 9.58. The number of rotatable bonds is 4. The molecule has 0 aliphatic rings. The van der Waals surface area contributed by atoms with Gasteiger partial charge in [-0.05, 0) is 23.8 Å². The molecule has 0 saturated carbocycles. The summed E-state index contributed by atoms with van der Waals surface area (Å²) >= 11 is 5.94.